The third-order valence-corrected chi connectivity index (χ3v) is 4.97. The molecule has 0 radical (unpaired) electrons. The second-order valence-electron chi connectivity index (χ2n) is 6.77. The number of hydrogen-bond donors (Lipinski definition) is 1. The fraction of sp³-hybridized carbons (Fsp3) is 0.208. The average molecular weight is 409 g/mol. The first-order valence-electron chi connectivity index (χ1n) is 9.64. The molecule has 0 saturated heterocycles. The number of halogens is 1. The summed E-state index contributed by atoms with van der Waals surface area (Å²) in [6.45, 7) is 1.84. The average Bonchev–Trinajstić information content (AvgIpc) is 2.76. The minimum Gasteiger partial charge on any atom is -0.489 e. The van der Waals surface area contributed by atoms with Crippen molar-refractivity contribution in [2.45, 2.75) is 13.0 Å². The van der Waals surface area contributed by atoms with E-state index in [4.69, 9.17) is 16.3 Å². The Kier molecular flexibility index (Phi) is 7.54. The molecule has 0 bridgehead atoms. The maximum atomic E-state index is 12.4. The molecule has 0 aliphatic heterocycles. The Morgan fingerprint density at radius 1 is 1.00 bits per heavy atom. The lowest BCUT2D eigenvalue weighted by atomic mass is 10.2. The fourth-order valence-electron chi connectivity index (χ4n) is 2.94. The molecule has 0 aliphatic rings. The molecule has 150 valence electrons. The highest BCUT2D eigenvalue weighted by Gasteiger charge is 2.08. The summed E-state index contributed by atoms with van der Waals surface area (Å²) in [4.78, 5) is 14.6. The lowest BCUT2D eigenvalue weighted by Crippen LogP contribution is -2.28. The zero-order valence-corrected chi connectivity index (χ0v) is 17.2. The van der Waals surface area contributed by atoms with E-state index >= 15 is 0 Å². The van der Waals surface area contributed by atoms with Gasteiger partial charge in [-0.3, -0.25) is 4.79 Å². The molecule has 3 aromatic rings. The predicted octanol–water partition coefficient (Wildman–Crippen LogP) is 5.18. The van der Waals surface area contributed by atoms with Gasteiger partial charge in [0.25, 0.3) is 5.91 Å². The number of anilines is 1. The van der Waals surface area contributed by atoms with Crippen molar-refractivity contribution < 1.29 is 9.53 Å². The molecule has 0 unspecified atom stereocenters. The maximum absolute atomic E-state index is 12.4. The summed E-state index contributed by atoms with van der Waals surface area (Å²) < 4.78 is 5.80. The first kappa shape index (κ1) is 20.7. The molecule has 0 fully saturated rings. The quantitative estimate of drug-likeness (QED) is 0.496. The third kappa shape index (κ3) is 6.26. The summed E-state index contributed by atoms with van der Waals surface area (Å²) in [5.41, 5.74) is 2.66. The fourth-order valence-corrected chi connectivity index (χ4v) is 3.13. The highest BCUT2D eigenvalue weighted by Crippen LogP contribution is 2.19. The predicted molar refractivity (Wildman–Crippen MR) is 119 cm³/mol. The van der Waals surface area contributed by atoms with E-state index in [0.29, 0.717) is 29.5 Å². The molecule has 3 aromatic carbocycles. The summed E-state index contributed by atoms with van der Waals surface area (Å²) >= 11 is 6.16. The van der Waals surface area contributed by atoms with Gasteiger partial charge in [-0.2, -0.15) is 0 Å². The van der Waals surface area contributed by atoms with Gasteiger partial charge >= 0.3 is 0 Å². The zero-order valence-electron chi connectivity index (χ0n) is 16.5. The lowest BCUT2D eigenvalue weighted by molar-refractivity contribution is 0.0953. The summed E-state index contributed by atoms with van der Waals surface area (Å²) in [7, 11) is 2.05. The summed E-state index contributed by atoms with van der Waals surface area (Å²) in [6.07, 6.45) is 0.861. The van der Waals surface area contributed by atoms with E-state index in [1.807, 2.05) is 54.6 Å². The first-order chi connectivity index (χ1) is 14.1. The van der Waals surface area contributed by atoms with Crippen molar-refractivity contribution in [2.75, 3.05) is 25.0 Å². The summed E-state index contributed by atoms with van der Waals surface area (Å²) in [6, 6.07) is 25.0. The number of nitrogens with one attached hydrogen (secondary N) is 1. The molecule has 4 nitrogen and oxygen atoms in total. The normalized spacial score (nSPS) is 10.4. The molecule has 1 N–H and O–H groups in total. The number of benzene rings is 3. The van der Waals surface area contributed by atoms with E-state index in [9.17, 15) is 4.79 Å². The van der Waals surface area contributed by atoms with E-state index in [2.05, 4.69) is 29.4 Å². The van der Waals surface area contributed by atoms with Crippen LogP contribution < -0.4 is 15.0 Å². The van der Waals surface area contributed by atoms with Crippen LogP contribution in [-0.2, 0) is 6.61 Å². The van der Waals surface area contributed by atoms with Gasteiger partial charge in [0.05, 0.1) is 0 Å². The van der Waals surface area contributed by atoms with E-state index < -0.39 is 0 Å². The van der Waals surface area contributed by atoms with Crippen LogP contribution in [0.2, 0.25) is 5.02 Å². The number of nitrogens with zero attached hydrogens (tertiary/aromatic N) is 1. The van der Waals surface area contributed by atoms with Crippen molar-refractivity contribution in [1.82, 2.24) is 5.32 Å². The molecule has 0 saturated carbocycles. The molecule has 29 heavy (non-hydrogen) atoms. The standard InChI is InChI=1S/C24H25ClN2O2/c1-27(21-11-3-2-4-12-21)16-8-15-26-24(28)19-10-7-13-22(17-19)29-18-20-9-5-6-14-23(20)25/h2-7,9-14,17H,8,15-16,18H2,1H3,(H,26,28). The van der Waals surface area contributed by atoms with Gasteiger partial charge in [-0.1, -0.05) is 54.1 Å². The van der Waals surface area contributed by atoms with Crippen molar-refractivity contribution in [3.8, 4) is 5.75 Å². The number of carbonyl (C=O) groups excluding carboxylic acids is 1. The van der Waals surface area contributed by atoms with Crippen molar-refractivity contribution in [3.05, 3.63) is 95.0 Å². The SMILES string of the molecule is CN(CCCNC(=O)c1cccc(OCc2ccccc2Cl)c1)c1ccccc1. The van der Waals surface area contributed by atoms with Crippen LogP contribution in [0.1, 0.15) is 22.3 Å². The molecular formula is C24H25ClN2O2. The Balaban J connectivity index is 1.46. The molecular weight excluding hydrogens is 384 g/mol. The Hall–Kier alpha value is -2.98. The number of ether oxygens (including phenoxy) is 1. The molecule has 0 spiro atoms. The van der Waals surface area contributed by atoms with Gasteiger partial charge in [-0.25, -0.2) is 0 Å². The Bertz CT molecular complexity index is 931. The highest BCUT2D eigenvalue weighted by atomic mass is 35.5. The third-order valence-electron chi connectivity index (χ3n) is 4.60. The van der Waals surface area contributed by atoms with E-state index in [-0.39, 0.29) is 5.91 Å². The topological polar surface area (TPSA) is 41.6 Å². The molecule has 0 aliphatic carbocycles. The van der Waals surface area contributed by atoms with Crippen molar-refractivity contribution >= 4 is 23.2 Å². The number of amides is 1. The van der Waals surface area contributed by atoms with E-state index in [1.54, 1.807) is 12.1 Å². The van der Waals surface area contributed by atoms with Gasteiger partial charge in [-0.15, -0.1) is 0 Å². The van der Waals surface area contributed by atoms with Crippen LogP contribution in [0.25, 0.3) is 0 Å². The van der Waals surface area contributed by atoms with Crippen LogP contribution in [0.3, 0.4) is 0 Å². The van der Waals surface area contributed by atoms with Gasteiger partial charge in [0.2, 0.25) is 0 Å². The number of rotatable bonds is 9. The Morgan fingerprint density at radius 2 is 1.76 bits per heavy atom. The molecule has 5 heteroatoms. The molecule has 3 rings (SSSR count). The van der Waals surface area contributed by atoms with Gasteiger partial charge in [0, 0.05) is 42.0 Å². The van der Waals surface area contributed by atoms with Crippen molar-refractivity contribution in [2.24, 2.45) is 0 Å². The van der Waals surface area contributed by atoms with Crippen LogP contribution in [0, 0.1) is 0 Å². The van der Waals surface area contributed by atoms with Gasteiger partial charge in [-0.05, 0) is 42.8 Å². The molecule has 0 heterocycles. The summed E-state index contributed by atoms with van der Waals surface area (Å²) in [5.74, 6) is 0.539. The number of hydrogen-bond acceptors (Lipinski definition) is 3. The Morgan fingerprint density at radius 3 is 2.55 bits per heavy atom. The van der Waals surface area contributed by atoms with Gasteiger partial charge < -0.3 is 15.0 Å². The van der Waals surface area contributed by atoms with Crippen LogP contribution in [0.5, 0.6) is 5.75 Å². The highest BCUT2D eigenvalue weighted by molar-refractivity contribution is 6.31. The second kappa shape index (κ2) is 10.5. The first-order valence-corrected chi connectivity index (χ1v) is 10.0. The second-order valence-corrected chi connectivity index (χ2v) is 7.18. The van der Waals surface area contributed by atoms with Gasteiger partial charge in [0.15, 0.2) is 0 Å². The lowest BCUT2D eigenvalue weighted by Gasteiger charge is -2.19. The molecule has 0 aromatic heterocycles. The smallest absolute Gasteiger partial charge is 0.251 e. The largest absolute Gasteiger partial charge is 0.489 e. The van der Waals surface area contributed by atoms with Gasteiger partial charge in [0.1, 0.15) is 12.4 Å². The zero-order chi connectivity index (χ0) is 20.5. The Labute approximate surface area is 177 Å². The van der Waals surface area contributed by atoms with E-state index in [1.165, 1.54) is 5.69 Å². The number of para-hydroxylation sites is 1. The monoisotopic (exact) mass is 408 g/mol. The van der Waals surface area contributed by atoms with E-state index in [0.717, 1.165) is 18.5 Å². The minimum atomic E-state index is -0.101. The maximum Gasteiger partial charge on any atom is 0.251 e. The van der Waals surface area contributed by atoms with Crippen LogP contribution in [-0.4, -0.2) is 26.0 Å². The van der Waals surface area contributed by atoms with Crippen LogP contribution in [0.15, 0.2) is 78.9 Å². The summed E-state index contributed by atoms with van der Waals surface area (Å²) in [5, 5.41) is 3.64. The molecule has 0 atom stereocenters. The minimum absolute atomic E-state index is 0.101. The van der Waals surface area contributed by atoms with Crippen molar-refractivity contribution in [3.63, 3.8) is 0 Å². The van der Waals surface area contributed by atoms with Crippen molar-refractivity contribution in [1.29, 1.82) is 0 Å². The van der Waals surface area contributed by atoms with Crippen LogP contribution >= 0.6 is 11.6 Å². The molecule has 1 amide bonds. The number of carbonyl (C=O) groups is 1. The van der Waals surface area contributed by atoms with Crippen LogP contribution in [0.4, 0.5) is 5.69 Å².